The van der Waals surface area contributed by atoms with E-state index in [1.54, 1.807) is 21.1 Å². The molecule has 2 atom stereocenters. The summed E-state index contributed by atoms with van der Waals surface area (Å²) < 4.78 is 17.2. The number of esters is 2. The summed E-state index contributed by atoms with van der Waals surface area (Å²) in [6, 6.07) is -0.740. The molecule has 0 aliphatic rings. The van der Waals surface area contributed by atoms with Gasteiger partial charge >= 0.3 is 11.9 Å². The normalized spacial score (nSPS) is 13.6. The molecular weight excluding hydrogens is 787 g/mol. The number of likely N-dealkylation sites (N-methyl/N-ethyl adjacent to an activating group) is 1. The van der Waals surface area contributed by atoms with Crippen molar-refractivity contribution in [1.29, 1.82) is 0 Å². The number of aliphatic carboxylic acids is 1. The van der Waals surface area contributed by atoms with E-state index in [9.17, 15) is 19.5 Å². The molecule has 0 heterocycles. The van der Waals surface area contributed by atoms with Gasteiger partial charge in [-0.15, -0.1) is 0 Å². The third kappa shape index (κ3) is 43.5. The highest BCUT2D eigenvalue weighted by molar-refractivity contribution is 5.70. The first-order chi connectivity index (χ1) is 30.6. The van der Waals surface area contributed by atoms with Crippen molar-refractivity contribution in [2.45, 2.75) is 206 Å². The van der Waals surface area contributed by atoms with Gasteiger partial charge in [-0.1, -0.05) is 202 Å². The molecule has 0 spiro atoms. The Morgan fingerprint density at radius 3 is 1.38 bits per heavy atom. The molecule has 0 aliphatic carbocycles. The van der Waals surface area contributed by atoms with Gasteiger partial charge in [-0.25, -0.2) is 0 Å². The Kier molecular flexibility index (Phi) is 42.6. The fraction of sp³-hybridized carbons (Fsp3) is 0.691. The second kappa shape index (κ2) is 45.1. The van der Waals surface area contributed by atoms with Crippen LogP contribution in [0.5, 0.6) is 0 Å². The summed E-state index contributed by atoms with van der Waals surface area (Å²) in [7, 11) is 5.39. The molecule has 0 fully saturated rings. The molecule has 0 aromatic rings. The fourth-order valence-electron chi connectivity index (χ4n) is 7.04. The van der Waals surface area contributed by atoms with Gasteiger partial charge in [0.1, 0.15) is 12.6 Å². The predicted octanol–water partition coefficient (Wildman–Crippen LogP) is 13.1. The zero-order valence-electron chi connectivity index (χ0n) is 41.0. The maximum Gasteiger partial charge on any atom is 0.306 e. The Balaban J connectivity index is 4.33. The predicted molar refractivity (Wildman–Crippen MR) is 263 cm³/mol. The summed E-state index contributed by atoms with van der Waals surface area (Å²) in [6.45, 7) is 4.47. The van der Waals surface area contributed by atoms with Crippen molar-refractivity contribution in [1.82, 2.24) is 0 Å². The summed E-state index contributed by atoms with van der Waals surface area (Å²) in [4.78, 5) is 37.0. The number of hydrogen-bond acceptors (Lipinski definition) is 7. The largest absolute Gasteiger partial charge is 0.544 e. The van der Waals surface area contributed by atoms with Crippen LogP contribution < -0.4 is 5.11 Å². The van der Waals surface area contributed by atoms with E-state index in [1.165, 1.54) is 109 Å². The first-order valence-corrected chi connectivity index (χ1v) is 25.2. The molecule has 0 aromatic carbocycles. The molecule has 8 nitrogen and oxygen atoms in total. The van der Waals surface area contributed by atoms with Crippen molar-refractivity contribution in [3.8, 4) is 0 Å². The van der Waals surface area contributed by atoms with Gasteiger partial charge in [0.2, 0.25) is 0 Å². The van der Waals surface area contributed by atoms with E-state index in [4.69, 9.17) is 14.2 Å². The van der Waals surface area contributed by atoms with Crippen LogP contribution in [0.15, 0.2) is 85.1 Å². The van der Waals surface area contributed by atoms with Crippen LogP contribution in [0.1, 0.15) is 194 Å². The molecule has 8 heteroatoms. The number of nitrogens with zero attached hydrogens (tertiary/aromatic N) is 1. The van der Waals surface area contributed by atoms with E-state index in [0.717, 1.165) is 44.9 Å². The zero-order chi connectivity index (χ0) is 46.3. The minimum absolute atomic E-state index is 0.0165. The van der Waals surface area contributed by atoms with E-state index in [2.05, 4.69) is 38.2 Å². The Hall–Kier alpha value is -3.49. The SMILES string of the molecule is CC/C=C/C=C/C=C/C=C/C=C/C=C/CCCCCC(=O)OC(COCCC(C(=O)[O-])[N+](C)(C)C)COC(=O)CCCCCCCCC/C=C/CCCCCCCCCCCCC. The van der Waals surface area contributed by atoms with E-state index in [-0.39, 0.29) is 49.1 Å². The molecule has 63 heavy (non-hydrogen) atoms. The maximum absolute atomic E-state index is 12.7. The maximum atomic E-state index is 12.7. The quantitative estimate of drug-likeness (QED) is 0.0197. The Labute approximate surface area is 386 Å². The molecule has 0 aromatic heterocycles. The summed E-state index contributed by atoms with van der Waals surface area (Å²) in [6.07, 6.45) is 59.0. The number of carboxylic acids is 1. The van der Waals surface area contributed by atoms with E-state index >= 15 is 0 Å². The van der Waals surface area contributed by atoms with Gasteiger partial charge in [-0.05, 0) is 57.8 Å². The molecular formula is C55H93NO7. The smallest absolute Gasteiger partial charge is 0.306 e. The molecule has 0 saturated carbocycles. The molecule has 0 aliphatic heterocycles. The van der Waals surface area contributed by atoms with Crippen molar-refractivity contribution in [2.75, 3.05) is 41.0 Å². The lowest BCUT2D eigenvalue weighted by molar-refractivity contribution is -0.889. The molecule has 360 valence electrons. The molecule has 0 rings (SSSR count). The number of allylic oxidation sites excluding steroid dienone is 14. The lowest BCUT2D eigenvalue weighted by Crippen LogP contribution is -2.55. The number of hydrogen-bond donors (Lipinski definition) is 0. The van der Waals surface area contributed by atoms with Crippen LogP contribution >= 0.6 is 0 Å². The second-order valence-electron chi connectivity index (χ2n) is 17.8. The number of ether oxygens (including phenoxy) is 3. The van der Waals surface area contributed by atoms with Gasteiger partial charge in [0.15, 0.2) is 6.10 Å². The lowest BCUT2D eigenvalue weighted by Gasteiger charge is -2.34. The number of rotatable bonds is 44. The molecule has 0 saturated heterocycles. The molecule has 0 amide bonds. The minimum Gasteiger partial charge on any atom is -0.544 e. The Morgan fingerprint density at radius 1 is 0.492 bits per heavy atom. The Morgan fingerprint density at radius 2 is 0.905 bits per heavy atom. The molecule has 0 bridgehead atoms. The number of carbonyl (C=O) groups is 3. The van der Waals surface area contributed by atoms with Gasteiger partial charge in [0, 0.05) is 19.3 Å². The van der Waals surface area contributed by atoms with Crippen LogP contribution in [0.2, 0.25) is 0 Å². The van der Waals surface area contributed by atoms with Crippen LogP contribution in [0.3, 0.4) is 0 Å². The summed E-state index contributed by atoms with van der Waals surface area (Å²) in [5.74, 6) is -1.80. The average Bonchev–Trinajstić information content (AvgIpc) is 3.24. The van der Waals surface area contributed by atoms with Gasteiger partial charge < -0.3 is 28.6 Å². The third-order valence-electron chi connectivity index (χ3n) is 10.9. The molecule has 0 N–H and O–H groups in total. The van der Waals surface area contributed by atoms with Crippen LogP contribution in [0, 0.1) is 0 Å². The van der Waals surface area contributed by atoms with E-state index in [0.29, 0.717) is 12.8 Å². The number of carboxylic acid groups (broad SMARTS) is 1. The highest BCUT2D eigenvalue weighted by Crippen LogP contribution is 2.14. The summed E-state index contributed by atoms with van der Waals surface area (Å²) >= 11 is 0. The highest BCUT2D eigenvalue weighted by atomic mass is 16.6. The Bertz CT molecular complexity index is 1300. The van der Waals surface area contributed by atoms with Gasteiger partial charge in [-0.3, -0.25) is 9.59 Å². The second-order valence-corrected chi connectivity index (χ2v) is 17.8. The van der Waals surface area contributed by atoms with Crippen molar-refractivity contribution < 1.29 is 38.2 Å². The lowest BCUT2D eigenvalue weighted by atomic mass is 10.0. The molecule has 2 unspecified atom stereocenters. The van der Waals surface area contributed by atoms with Crippen molar-refractivity contribution >= 4 is 17.9 Å². The number of quaternary nitrogens is 1. The van der Waals surface area contributed by atoms with Crippen LogP contribution in [0.25, 0.3) is 0 Å². The van der Waals surface area contributed by atoms with Gasteiger partial charge in [0.25, 0.3) is 0 Å². The van der Waals surface area contributed by atoms with Crippen molar-refractivity contribution in [3.63, 3.8) is 0 Å². The van der Waals surface area contributed by atoms with Gasteiger partial charge in [-0.2, -0.15) is 0 Å². The topological polar surface area (TPSA) is 102 Å². The van der Waals surface area contributed by atoms with E-state index in [1.807, 2.05) is 60.8 Å². The zero-order valence-corrected chi connectivity index (χ0v) is 41.0. The average molecular weight is 880 g/mol. The molecule has 0 radical (unpaired) electrons. The number of carbonyl (C=O) groups excluding carboxylic acids is 3. The summed E-state index contributed by atoms with van der Waals surface area (Å²) in [5.41, 5.74) is 0. The first-order valence-electron chi connectivity index (χ1n) is 25.2. The number of unbranched alkanes of at least 4 members (excludes halogenated alkanes) is 21. The highest BCUT2D eigenvalue weighted by Gasteiger charge is 2.25. The fourth-order valence-corrected chi connectivity index (χ4v) is 7.04. The van der Waals surface area contributed by atoms with Crippen molar-refractivity contribution in [2.24, 2.45) is 0 Å². The minimum atomic E-state index is -1.14. The third-order valence-corrected chi connectivity index (χ3v) is 10.9. The van der Waals surface area contributed by atoms with Gasteiger partial charge in [0.05, 0.1) is 40.3 Å². The van der Waals surface area contributed by atoms with Crippen LogP contribution in [-0.2, 0) is 28.6 Å². The van der Waals surface area contributed by atoms with Crippen LogP contribution in [0.4, 0.5) is 0 Å². The van der Waals surface area contributed by atoms with Crippen molar-refractivity contribution in [3.05, 3.63) is 85.1 Å². The monoisotopic (exact) mass is 880 g/mol. The summed E-state index contributed by atoms with van der Waals surface area (Å²) in [5, 5.41) is 11.7. The standard InChI is InChI=1S/C55H93NO7/c1-6-8-10-12-14-16-18-20-22-24-25-26-27-28-30-31-33-35-37-39-41-43-45-53(57)62-50-51(49-61-48-47-52(55(59)60)56(3,4)5)63-54(58)46-44-42-40-38-36-34-32-29-23-21-19-17-15-13-11-9-7-2/h9,11,13,15,17,19,21,23,27-29,32,34,36,51-52H,6-8,10,12,14,16,18,20,22,24-26,30-31,33,35,37-50H2,1-5H3/b11-9+,15-13+,19-17+,23-21+,28-27+,32-29+,36-34+. The first kappa shape index (κ1) is 59.5. The van der Waals surface area contributed by atoms with Crippen LogP contribution in [-0.4, -0.2) is 75.5 Å². The van der Waals surface area contributed by atoms with E-state index < -0.39 is 18.1 Å².